The second-order valence-corrected chi connectivity index (χ2v) is 5.55. The Balaban J connectivity index is 2.23. The van der Waals surface area contributed by atoms with Crippen molar-refractivity contribution in [2.24, 2.45) is 0 Å². The van der Waals surface area contributed by atoms with Crippen LogP contribution in [0.2, 0.25) is 0 Å². The van der Waals surface area contributed by atoms with Crippen LogP contribution in [-0.4, -0.2) is 21.4 Å². The molecule has 0 aliphatic carbocycles. The van der Waals surface area contributed by atoms with Crippen LogP contribution in [0.1, 0.15) is 10.6 Å². The summed E-state index contributed by atoms with van der Waals surface area (Å²) < 4.78 is 30.4. The molecule has 2 rings (SSSR count). The topological polar surface area (TPSA) is 88.4 Å². The highest BCUT2D eigenvalue weighted by molar-refractivity contribution is 7.89. The lowest BCUT2D eigenvalue weighted by atomic mass is 10.3. The van der Waals surface area contributed by atoms with Crippen molar-refractivity contribution in [2.45, 2.75) is 4.90 Å². The third-order valence-corrected chi connectivity index (χ3v) is 3.83. The van der Waals surface area contributed by atoms with E-state index in [4.69, 9.17) is 4.42 Å². The first-order valence-electron chi connectivity index (χ1n) is 5.41. The van der Waals surface area contributed by atoms with E-state index in [0.29, 0.717) is 5.69 Å². The van der Waals surface area contributed by atoms with Gasteiger partial charge >= 0.3 is 0 Å². The Kier molecular flexibility index (Phi) is 3.68. The van der Waals surface area contributed by atoms with Gasteiger partial charge < -0.3 is 9.73 Å². The van der Waals surface area contributed by atoms with Gasteiger partial charge in [0.1, 0.15) is 0 Å². The van der Waals surface area contributed by atoms with E-state index in [2.05, 4.69) is 10.0 Å². The second-order valence-electron chi connectivity index (χ2n) is 3.67. The van der Waals surface area contributed by atoms with Gasteiger partial charge in [-0.2, -0.15) is 0 Å². The number of hydrogen-bond acceptors (Lipinski definition) is 4. The van der Waals surface area contributed by atoms with Gasteiger partial charge in [-0.1, -0.05) is 6.07 Å². The van der Waals surface area contributed by atoms with Crippen LogP contribution in [0.5, 0.6) is 0 Å². The molecule has 1 amide bonds. The summed E-state index contributed by atoms with van der Waals surface area (Å²) >= 11 is 0. The molecule has 0 aliphatic rings. The Morgan fingerprint density at radius 1 is 1.21 bits per heavy atom. The number of anilines is 1. The molecule has 0 spiro atoms. The molecule has 0 unspecified atom stereocenters. The molecule has 1 aromatic heterocycles. The number of carbonyl (C=O) groups excluding carboxylic acids is 1. The molecule has 0 aliphatic heterocycles. The molecule has 100 valence electrons. The highest BCUT2D eigenvalue weighted by Crippen LogP contribution is 2.16. The summed E-state index contributed by atoms with van der Waals surface area (Å²) in [4.78, 5) is 11.8. The summed E-state index contributed by atoms with van der Waals surface area (Å²) in [5.74, 6) is -0.286. The normalized spacial score (nSPS) is 11.2. The molecule has 0 saturated heterocycles. The maximum Gasteiger partial charge on any atom is 0.291 e. The molecule has 6 nitrogen and oxygen atoms in total. The van der Waals surface area contributed by atoms with Crippen LogP contribution in [0.15, 0.2) is 52.0 Å². The molecule has 1 heterocycles. The number of amides is 1. The van der Waals surface area contributed by atoms with Crippen LogP contribution >= 0.6 is 0 Å². The summed E-state index contributed by atoms with van der Waals surface area (Å²) in [6.07, 6.45) is 1.39. The Labute approximate surface area is 110 Å². The van der Waals surface area contributed by atoms with E-state index in [1.807, 2.05) is 0 Å². The number of benzene rings is 1. The molecule has 1 aromatic carbocycles. The Bertz CT molecular complexity index is 678. The molecule has 0 fully saturated rings. The van der Waals surface area contributed by atoms with E-state index in [9.17, 15) is 13.2 Å². The number of nitrogens with one attached hydrogen (secondary N) is 2. The minimum absolute atomic E-state index is 0.0762. The largest absolute Gasteiger partial charge is 0.459 e. The fourth-order valence-corrected chi connectivity index (χ4v) is 2.23. The van der Waals surface area contributed by atoms with Crippen LogP contribution in [0.25, 0.3) is 0 Å². The first kappa shape index (κ1) is 13.3. The SMILES string of the molecule is CNS(=O)(=O)c1cccc(NC(=O)c2ccco2)c1. The summed E-state index contributed by atoms with van der Waals surface area (Å²) in [7, 11) is -2.21. The zero-order valence-electron chi connectivity index (χ0n) is 10.1. The summed E-state index contributed by atoms with van der Waals surface area (Å²) in [5, 5.41) is 2.56. The summed E-state index contributed by atoms with van der Waals surface area (Å²) in [6, 6.07) is 9.05. The van der Waals surface area contributed by atoms with Crippen molar-refractivity contribution in [3.63, 3.8) is 0 Å². The second kappa shape index (κ2) is 5.25. The lowest BCUT2D eigenvalue weighted by Gasteiger charge is -2.06. The van der Waals surface area contributed by atoms with E-state index < -0.39 is 15.9 Å². The number of furan rings is 1. The maximum absolute atomic E-state index is 11.7. The van der Waals surface area contributed by atoms with Crippen LogP contribution in [-0.2, 0) is 10.0 Å². The minimum Gasteiger partial charge on any atom is -0.459 e. The zero-order valence-corrected chi connectivity index (χ0v) is 10.9. The van der Waals surface area contributed by atoms with Gasteiger partial charge in [0.15, 0.2) is 5.76 Å². The van der Waals surface area contributed by atoms with Gasteiger partial charge in [-0.15, -0.1) is 0 Å². The summed E-state index contributed by atoms with van der Waals surface area (Å²) in [5.41, 5.74) is 0.373. The van der Waals surface area contributed by atoms with Gasteiger partial charge in [0.05, 0.1) is 11.2 Å². The average Bonchev–Trinajstić information content (AvgIpc) is 2.93. The van der Waals surface area contributed by atoms with E-state index in [0.717, 1.165) is 0 Å². The van der Waals surface area contributed by atoms with Crippen molar-refractivity contribution in [1.29, 1.82) is 0 Å². The van der Waals surface area contributed by atoms with Gasteiger partial charge in [-0.3, -0.25) is 4.79 Å². The first-order valence-corrected chi connectivity index (χ1v) is 6.90. The zero-order chi connectivity index (χ0) is 13.9. The first-order chi connectivity index (χ1) is 9.03. The van der Waals surface area contributed by atoms with Crippen LogP contribution in [0.3, 0.4) is 0 Å². The molecule has 19 heavy (non-hydrogen) atoms. The minimum atomic E-state index is -3.54. The predicted octanol–water partition coefficient (Wildman–Crippen LogP) is 1.44. The quantitative estimate of drug-likeness (QED) is 0.887. The fraction of sp³-hybridized carbons (Fsp3) is 0.0833. The Morgan fingerprint density at radius 3 is 2.63 bits per heavy atom. The summed E-state index contributed by atoms with van der Waals surface area (Å²) in [6.45, 7) is 0. The lowest BCUT2D eigenvalue weighted by molar-refractivity contribution is 0.0996. The van der Waals surface area contributed by atoms with E-state index >= 15 is 0 Å². The molecule has 7 heteroatoms. The lowest BCUT2D eigenvalue weighted by Crippen LogP contribution is -2.19. The fourth-order valence-electron chi connectivity index (χ4n) is 1.46. The molecule has 2 aromatic rings. The van der Waals surface area contributed by atoms with Crippen LogP contribution in [0, 0.1) is 0 Å². The number of rotatable bonds is 4. The molecular weight excluding hydrogens is 268 g/mol. The van der Waals surface area contributed by atoms with Gasteiger partial charge in [0, 0.05) is 5.69 Å². The van der Waals surface area contributed by atoms with Crippen molar-refractivity contribution in [1.82, 2.24) is 4.72 Å². The maximum atomic E-state index is 11.7. The molecular formula is C12H12N2O4S. The Hall–Kier alpha value is -2.12. The highest BCUT2D eigenvalue weighted by Gasteiger charge is 2.13. The highest BCUT2D eigenvalue weighted by atomic mass is 32.2. The van der Waals surface area contributed by atoms with Crippen LogP contribution in [0.4, 0.5) is 5.69 Å². The molecule has 0 bridgehead atoms. The standard InChI is InChI=1S/C12H12N2O4S/c1-13-19(16,17)10-5-2-4-9(8-10)14-12(15)11-6-3-7-18-11/h2-8,13H,1H3,(H,14,15). The van der Waals surface area contributed by atoms with E-state index in [1.165, 1.54) is 31.5 Å². The average molecular weight is 280 g/mol. The monoisotopic (exact) mass is 280 g/mol. The van der Waals surface area contributed by atoms with Gasteiger partial charge in [0.25, 0.3) is 5.91 Å². The van der Waals surface area contributed by atoms with Gasteiger partial charge in [-0.25, -0.2) is 13.1 Å². The van der Waals surface area contributed by atoms with Crippen molar-refractivity contribution in [2.75, 3.05) is 12.4 Å². The van der Waals surface area contributed by atoms with Crippen molar-refractivity contribution < 1.29 is 17.6 Å². The van der Waals surface area contributed by atoms with E-state index in [1.54, 1.807) is 18.2 Å². The number of carbonyl (C=O) groups is 1. The van der Waals surface area contributed by atoms with Crippen molar-refractivity contribution >= 4 is 21.6 Å². The molecule has 0 radical (unpaired) electrons. The van der Waals surface area contributed by atoms with Gasteiger partial charge in [0.2, 0.25) is 10.0 Å². The van der Waals surface area contributed by atoms with Crippen molar-refractivity contribution in [3.05, 3.63) is 48.4 Å². The van der Waals surface area contributed by atoms with Crippen molar-refractivity contribution in [3.8, 4) is 0 Å². The van der Waals surface area contributed by atoms with Crippen LogP contribution < -0.4 is 10.0 Å². The third kappa shape index (κ3) is 3.01. The number of sulfonamides is 1. The number of hydrogen-bond donors (Lipinski definition) is 2. The molecule has 0 atom stereocenters. The molecule has 0 saturated carbocycles. The third-order valence-electron chi connectivity index (χ3n) is 2.42. The van der Waals surface area contributed by atoms with E-state index in [-0.39, 0.29) is 10.7 Å². The van der Waals surface area contributed by atoms with Gasteiger partial charge in [-0.05, 0) is 37.4 Å². The predicted molar refractivity (Wildman–Crippen MR) is 69.3 cm³/mol. The smallest absolute Gasteiger partial charge is 0.291 e. The molecule has 2 N–H and O–H groups in total. The Morgan fingerprint density at radius 2 is 2.00 bits per heavy atom.